The number of non-ortho nitro benzene ring substituents is 1. The van der Waals surface area contributed by atoms with Crippen LogP contribution in [0.3, 0.4) is 0 Å². The second-order valence-corrected chi connectivity index (χ2v) is 11.6. The Kier molecular flexibility index (Phi) is 9.99. The van der Waals surface area contributed by atoms with Crippen LogP contribution in [-0.2, 0) is 24.3 Å². The Labute approximate surface area is 257 Å². The third-order valence-electron chi connectivity index (χ3n) is 8.36. The van der Waals surface area contributed by atoms with E-state index in [0.717, 1.165) is 24.1 Å². The van der Waals surface area contributed by atoms with Gasteiger partial charge in [-0.3, -0.25) is 14.9 Å². The van der Waals surface area contributed by atoms with E-state index in [-0.39, 0.29) is 24.1 Å². The topological polar surface area (TPSA) is 105 Å². The number of fused-ring (bicyclic) bond motifs is 1. The molecule has 1 saturated carbocycles. The molecule has 4 aromatic rings. The Balaban J connectivity index is 1.31. The molecule has 0 aliphatic heterocycles. The van der Waals surface area contributed by atoms with Crippen molar-refractivity contribution in [2.75, 3.05) is 13.6 Å². The molecule has 9 nitrogen and oxygen atoms in total. The standard InChI is InChI=1S/C33H38N6O3S/c1-34-33(43)37(21-27-12-7-11-25-8-5-6-13-30(25)27)22-31(26-9-3-2-4-10-26)36-32(40)18-29-19-35-23-38(29)20-24-14-16-28(17-15-24)39(41)42/h5-8,11-17,19,23,26,31H,2-4,9-10,18,20-22H2,1H3,(H,34,43)(H,36,40). The first-order valence-electron chi connectivity index (χ1n) is 14.9. The maximum Gasteiger partial charge on any atom is 0.269 e. The summed E-state index contributed by atoms with van der Waals surface area (Å²) in [5.74, 6) is 0.318. The van der Waals surface area contributed by atoms with Crippen LogP contribution in [0, 0.1) is 16.0 Å². The summed E-state index contributed by atoms with van der Waals surface area (Å²) in [6.45, 7) is 1.73. The third kappa shape index (κ3) is 7.75. The lowest BCUT2D eigenvalue weighted by Gasteiger charge is -2.36. The number of carbonyl (C=O) groups is 1. The number of benzene rings is 3. The zero-order valence-electron chi connectivity index (χ0n) is 24.4. The van der Waals surface area contributed by atoms with E-state index in [9.17, 15) is 14.9 Å². The molecule has 1 heterocycles. The van der Waals surface area contributed by atoms with E-state index in [0.29, 0.717) is 30.7 Å². The maximum atomic E-state index is 13.5. The number of rotatable bonds is 11. The highest BCUT2D eigenvalue weighted by Crippen LogP contribution is 2.28. The first-order valence-corrected chi connectivity index (χ1v) is 15.3. The van der Waals surface area contributed by atoms with Gasteiger partial charge in [-0.1, -0.05) is 73.9 Å². The van der Waals surface area contributed by atoms with Crippen LogP contribution < -0.4 is 10.6 Å². The average Bonchev–Trinajstić information content (AvgIpc) is 3.46. The number of nitrogens with one attached hydrogen (secondary N) is 2. The zero-order valence-corrected chi connectivity index (χ0v) is 25.3. The van der Waals surface area contributed by atoms with Gasteiger partial charge in [-0.15, -0.1) is 0 Å². The minimum atomic E-state index is -0.411. The second kappa shape index (κ2) is 14.2. The second-order valence-electron chi connectivity index (χ2n) is 11.3. The number of nitro benzene ring substituents is 1. The monoisotopic (exact) mass is 598 g/mol. The predicted molar refractivity (Wildman–Crippen MR) is 173 cm³/mol. The van der Waals surface area contributed by atoms with Crippen molar-refractivity contribution >= 4 is 39.7 Å². The highest BCUT2D eigenvalue weighted by Gasteiger charge is 2.28. The molecule has 1 aliphatic rings. The van der Waals surface area contributed by atoms with E-state index < -0.39 is 4.92 Å². The SMILES string of the molecule is CNC(=S)N(Cc1cccc2ccccc12)CC(NC(=O)Cc1cncn1Cc1ccc([N+](=O)[O-])cc1)C1CCCCC1. The van der Waals surface area contributed by atoms with E-state index in [2.05, 4.69) is 63.0 Å². The average molecular weight is 599 g/mol. The van der Waals surface area contributed by atoms with E-state index in [1.165, 1.54) is 47.7 Å². The third-order valence-corrected chi connectivity index (χ3v) is 8.83. The molecule has 0 radical (unpaired) electrons. The number of hydrogen-bond acceptors (Lipinski definition) is 5. The summed E-state index contributed by atoms with van der Waals surface area (Å²) in [7, 11) is 1.85. The lowest BCUT2D eigenvalue weighted by molar-refractivity contribution is -0.384. The Bertz CT molecular complexity index is 1560. The maximum absolute atomic E-state index is 13.5. The van der Waals surface area contributed by atoms with Crippen molar-refractivity contribution in [3.8, 4) is 0 Å². The summed E-state index contributed by atoms with van der Waals surface area (Å²) in [4.78, 5) is 30.6. The van der Waals surface area contributed by atoms with Crippen LogP contribution in [0.15, 0.2) is 79.3 Å². The Morgan fingerprint density at radius 1 is 1.09 bits per heavy atom. The highest BCUT2D eigenvalue weighted by molar-refractivity contribution is 7.80. The molecule has 1 amide bonds. The summed E-state index contributed by atoms with van der Waals surface area (Å²) < 4.78 is 1.92. The van der Waals surface area contributed by atoms with Gasteiger partial charge >= 0.3 is 0 Å². The number of aromatic nitrogens is 2. The number of hydrogen-bond donors (Lipinski definition) is 2. The zero-order chi connectivity index (χ0) is 30.2. The smallest absolute Gasteiger partial charge is 0.269 e. The van der Waals surface area contributed by atoms with Gasteiger partial charge in [-0.2, -0.15) is 0 Å². The van der Waals surface area contributed by atoms with Crippen LogP contribution in [0.1, 0.15) is 48.9 Å². The van der Waals surface area contributed by atoms with Crippen LogP contribution in [0.25, 0.3) is 10.8 Å². The van der Waals surface area contributed by atoms with Crippen LogP contribution in [0.4, 0.5) is 5.69 Å². The molecular weight excluding hydrogens is 560 g/mol. The van der Waals surface area contributed by atoms with Crippen LogP contribution >= 0.6 is 12.2 Å². The van der Waals surface area contributed by atoms with E-state index in [1.807, 2.05) is 11.6 Å². The fraction of sp³-hybridized carbons (Fsp3) is 0.364. The molecule has 1 fully saturated rings. The van der Waals surface area contributed by atoms with Crippen molar-refractivity contribution in [1.29, 1.82) is 0 Å². The van der Waals surface area contributed by atoms with E-state index >= 15 is 0 Å². The molecule has 224 valence electrons. The minimum absolute atomic E-state index is 0.0509. The first-order chi connectivity index (χ1) is 20.9. The van der Waals surface area contributed by atoms with Crippen LogP contribution in [0.5, 0.6) is 0 Å². The molecule has 3 aromatic carbocycles. The van der Waals surface area contributed by atoms with Gasteiger partial charge < -0.3 is 20.1 Å². The fourth-order valence-electron chi connectivity index (χ4n) is 6.08. The van der Waals surface area contributed by atoms with E-state index in [1.54, 1.807) is 24.7 Å². The molecule has 1 atom stereocenters. The van der Waals surface area contributed by atoms with Gasteiger partial charge in [-0.25, -0.2) is 4.98 Å². The Morgan fingerprint density at radius 2 is 1.84 bits per heavy atom. The van der Waals surface area contributed by atoms with Crippen molar-refractivity contribution in [3.63, 3.8) is 0 Å². The van der Waals surface area contributed by atoms with Gasteiger partial charge in [0.05, 0.1) is 17.7 Å². The number of amides is 1. The molecule has 5 rings (SSSR count). The quantitative estimate of drug-likeness (QED) is 0.131. The molecule has 0 bridgehead atoms. The predicted octanol–water partition coefficient (Wildman–Crippen LogP) is 5.61. The lowest BCUT2D eigenvalue weighted by atomic mass is 9.83. The number of carbonyl (C=O) groups excluding carboxylic acids is 1. The van der Waals surface area contributed by atoms with Gasteiger partial charge in [0.2, 0.25) is 5.91 Å². The summed E-state index contributed by atoms with van der Waals surface area (Å²) in [6.07, 6.45) is 9.32. The molecular formula is C33H38N6O3S. The summed E-state index contributed by atoms with van der Waals surface area (Å²) in [5.41, 5.74) is 2.93. The molecule has 1 aliphatic carbocycles. The van der Waals surface area contributed by atoms with E-state index in [4.69, 9.17) is 12.2 Å². The molecule has 10 heteroatoms. The van der Waals surface area contributed by atoms with Crippen LogP contribution in [0.2, 0.25) is 0 Å². The number of thiocarbonyl (C=S) groups is 1. The molecule has 0 saturated heterocycles. The van der Waals surface area contributed by atoms with Gasteiger partial charge in [0, 0.05) is 56.7 Å². The summed E-state index contributed by atoms with van der Waals surface area (Å²) in [5, 5.41) is 20.6. The largest absolute Gasteiger partial charge is 0.366 e. The van der Waals surface area contributed by atoms with Crippen molar-refractivity contribution in [2.45, 2.75) is 57.7 Å². The molecule has 43 heavy (non-hydrogen) atoms. The molecule has 1 aromatic heterocycles. The Morgan fingerprint density at radius 3 is 2.58 bits per heavy atom. The Hall–Kier alpha value is -4.31. The molecule has 1 unspecified atom stereocenters. The fourth-order valence-corrected chi connectivity index (χ4v) is 6.22. The van der Waals surface area contributed by atoms with Crippen LogP contribution in [-0.4, -0.2) is 50.0 Å². The lowest BCUT2D eigenvalue weighted by Crippen LogP contribution is -2.51. The molecule has 0 spiro atoms. The number of nitrogens with zero attached hydrogens (tertiary/aromatic N) is 4. The summed E-state index contributed by atoms with van der Waals surface area (Å²) >= 11 is 5.78. The van der Waals surface area contributed by atoms with Crippen molar-refractivity contribution < 1.29 is 9.72 Å². The van der Waals surface area contributed by atoms with Gasteiger partial charge in [0.25, 0.3) is 5.69 Å². The normalized spacial score (nSPS) is 14.3. The van der Waals surface area contributed by atoms with Crippen molar-refractivity contribution in [1.82, 2.24) is 25.1 Å². The first kappa shape index (κ1) is 30.2. The number of nitro groups is 1. The van der Waals surface area contributed by atoms with Crippen molar-refractivity contribution in [3.05, 3.63) is 106 Å². The highest BCUT2D eigenvalue weighted by atomic mass is 32.1. The van der Waals surface area contributed by atoms with Crippen molar-refractivity contribution in [2.24, 2.45) is 5.92 Å². The van der Waals surface area contributed by atoms with Gasteiger partial charge in [-0.05, 0) is 52.9 Å². The van der Waals surface area contributed by atoms with Gasteiger partial charge in [0.15, 0.2) is 5.11 Å². The molecule has 2 N–H and O–H groups in total. The summed E-state index contributed by atoms with van der Waals surface area (Å²) in [6, 6.07) is 21.1. The number of imidazole rings is 1. The van der Waals surface area contributed by atoms with Gasteiger partial charge in [0.1, 0.15) is 0 Å². The minimum Gasteiger partial charge on any atom is -0.366 e.